The van der Waals surface area contributed by atoms with Crippen LogP contribution in [-0.2, 0) is 0 Å². The van der Waals surface area contributed by atoms with Crippen molar-refractivity contribution in [3.8, 4) is 0 Å². The molecule has 0 aromatic heterocycles. The van der Waals surface area contributed by atoms with Crippen LogP contribution in [0.15, 0.2) is 46.9 Å². The zero-order chi connectivity index (χ0) is 13.1. The van der Waals surface area contributed by atoms with E-state index in [9.17, 15) is 4.79 Å². The molecule has 2 aromatic carbocycles. The third kappa shape index (κ3) is 3.46. The quantitative estimate of drug-likeness (QED) is 0.663. The summed E-state index contributed by atoms with van der Waals surface area (Å²) in [5, 5.41) is 3.33. The van der Waals surface area contributed by atoms with E-state index >= 15 is 0 Å². The number of rotatable bonds is 2. The normalized spacial score (nSPS) is 10.2. The molecule has 0 radical (unpaired) electrons. The van der Waals surface area contributed by atoms with Crippen molar-refractivity contribution in [2.75, 3.05) is 5.32 Å². The fraction of sp³-hybridized carbons (Fsp3) is 0. The Balaban J connectivity index is 2.16. The number of hydrogen-bond donors (Lipinski definition) is 1. The average Bonchev–Trinajstić information content (AvgIpc) is 2.35. The van der Waals surface area contributed by atoms with Crippen LogP contribution in [0.25, 0.3) is 0 Å². The van der Waals surface area contributed by atoms with Gasteiger partial charge in [-0.25, -0.2) is 0 Å². The zero-order valence-corrected chi connectivity index (χ0v) is 13.6. The van der Waals surface area contributed by atoms with Crippen molar-refractivity contribution in [3.05, 3.63) is 61.1 Å². The van der Waals surface area contributed by atoms with Crippen LogP contribution in [0.2, 0.25) is 5.02 Å². The molecule has 0 aliphatic heterocycles. The summed E-state index contributed by atoms with van der Waals surface area (Å²) in [7, 11) is 0. The second kappa shape index (κ2) is 6.04. The van der Waals surface area contributed by atoms with Gasteiger partial charge in [0, 0.05) is 19.3 Å². The van der Waals surface area contributed by atoms with Gasteiger partial charge < -0.3 is 5.32 Å². The number of halogens is 3. The van der Waals surface area contributed by atoms with Crippen molar-refractivity contribution in [2.24, 2.45) is 0 Å². The van der Waals surface area contributed by atoms with E-state index in [2.05, 4.69) is 43.8 Å². The highest BCUT2D eigenvalue weighted by atomic mass is 127. The molecule has 92 valence electrons. The van der Waals surface area contributed by atoms with E-state index in [1.54, 1.807) is 18.2 Å². The molecular formula is C13H8BrClINO. The van der Waals surface area contributed by atoms with Crippen molar-refractivity contribution in [2.45, 2.75) is 0 Å². The largest absolute Gasteiger partial charge is 0.322 e. The SMILES string of the molecule is O=C(Nc1ccc(I)cc1)c1ccc(Br)c(Cl)c1. The molecule has 0 fully saturated rings. The molecule has 1 N–H and O–H groups in total. The monoisotopic (exact) mass is 435 g/mol. The van der Waals surface area contributed by atoms with Crippen LogP contribution >= 0.6 is 50.1 Å². The van der Waals surface area contributed by atoms with E-state index in [1.807, 2.05) is 24.3 Å². The van der Waals surface area contributed by atoms with Gasteiger partial charge in [0.2, 0.25) is 0 Å². The smallest absolute Gasteiger partial charge is 0.255 e. The first-order valence-corrected chi connectivity index (χ1v) is 7.33. The van der Waals surface area contributed by atoms with E-state index in [-0.39, 0.29) is 5.91 Å². The van der Waals surface area contributed by atoms with Gasteiger partial charge in [-0.2, -0.15) is 0 Å². The van der Waals surface area contributed by atoms with Crippen LogP contribution in [-0.4, -0.2) is 5.91 Å². The van der Waals surface area contributed by atoms with Crippen LogP contribution in [0.5, 0.6) is 0 Å². The van der Waals surface area contributed by atoms with E-state index in [0.717, 1.165) is 13.7 Å². The number of hydrogen-bond acceptors (Lipinski definition) is 1. The third-order valence-electron chi connectivity index (χ3n) is 2.28. The number of anilines is 1. The predicted octanol–water partition coefficient (Wildman–Crippen LogP) is 4.96. The van der Waals surface area contributed by atoms with Crippen molar-refractivity contribution < 1.29 is 4.79 Å². The van der Waals surface area contributed by atoms with Gasteiger partial charge >= 0.3 is 0 Å². The summed E-state index contributed by atoms with van der Waals surface area (Å²) < 4.78 is 1.90. The molecule has 1 amide bonds. The Morgan fingerprint density at radius 1 is 1.17 bits per heavy atom. The van der Waals surface area contributed by atoms with E-state index < -0.39 is 0 Å². The Morgan fingerprint density at radius 3 is 2.44 bits per heavy atom. The molecule has 2 rings (SSSR count). The summed E-state index contributed by atoms with van der Waals surface area (Å²) in [6.45, 7) is 0. The predicted molar refractivity (Wildman–Crippen MR) is 86.3 cm³/mol. The van der Waals surface area contributed by atoms with E-state index in [1.165, 1.54) is 0 Å². The summed E-state index contributed by atoms with van der Waals surface area (Å²) >= 11 is 11.5. The van der Waals surface area contributed by atoms with Gasteiger partial charge in [-0.15, -0.1) is 0 Å². The van der Waals surface area contributed by atoms with Crippen LogP contribution in [0.3, 0.4) is 0 Å². The van der Waals surface area contributed by atoms with Crippen molar-refractivity contribution in [3.63, 3.8) is 0 Å². The lowest BCUT2D eigenvalue weighted by atomic mass is 10.2. The number of nitrogens with one attached hydrogen (secondary N) is 1. The third-order valence-corrected chi connectivity index (χ3v) is 4.24. The summed E-state index contributed by atoms with van der Waals surface area (Å²) in [6, 6.07) is 12.7. The van der Waals surface area contributed by atoms with Gasteiger partial charge in [-0.05, 0) is 81.0 Å². The highest BCUT2D eigenvalue weighted by Crippen LogP contribution is 2.23. The molecule has 0 aliphatic rings. The second-order valence-corrected chi connectivity index (χ2v) is 6.10. The minimum absolute atomic E-state index is 0.175. The summed E-state index contributed by atoms with van der Waals surface area (Å²) in [5.41, 5.74) is 1.29. The Labute approximate surface area is 132 Å². The van der Waals surface area contributed by atoms with Gasteiger partial charge in [0.05, 0.1) is 5.02 Å². The Kier molecular flexibility index (Phi) is 4.64. The molecule has 0 spiro atoms. The minimum Gasteiger partial charge on any atom is -0.322 e. The lowest BCUT2D eigenvalue weighted by Crippen LogP contribution is -2.11. The molecule has 5 heteroatoms. The molecule has 0 saturated heterocycles. The molecule has 0 saturated carbocycles. The first-order valence-electron chi connectivity index (χ1n) is 5.08. The average molecular weight is 436 g/mol. The number of benzene rings is 2. The fourth-order valence-corrected chi connectivity index (χ4v) is 2.16. The summed E-state index contributed by atoms with van der Waals surface area (Å²) in [5.74, 6) is -0.175. The minimum atomic E-state index is -0.175. The second-order valence-electron chi connectivity index (χ2n) is 3.59. The first kappa shape index (κ1) is 13.8. The zero-order valence-electron chi connectivity index (χ0n) is 9.08. The Hall–Kier alpha value is -0.590. The molecule has 18 heavy (non-hydrogen) atoms. The number of amides is 1. The standard InChI is InChI=1S/C13H8BrClINO/c14-11-6-1-8(7-12(11)15)13(18)17-10-4-2-9(16)3-5-10/h1-7H,(H,17,18). The fourth-order valence-electron chi connectivity index (χ4n) is 1.37. The van der Waals surface area contributed by atoms with Crippen molar-refractivity contribution in [1.29, 1.82) is 0 Å². The number of carbonyl (C=O) groups excluding carboxylic acids is 1. The highest BCUT2D eigenvalue weighted by Gasteiger charge is 2.08. The summed E-state index contributed by atoms with van der Waals surface area (Å²) in [4.78, 5) is 12.0. The van der Waals surface area contributed by atoms with Crippen LogP contribution in [0, 0.1) is 3.57 Å². The lowest BCUT2D eigenvalue weighted by molar-refractivity contribution is 0.102. The maximum Gasteiger partial charge on any atom is 0.255 e. The number of carbonyl (C=O) groups is 1. The molecule has 0 heterocycles. The van der Waals surface area contributed by atoms with Crippen LogP contribution in [0.4, 0.5) is 5.69 Å². The summed E-state index contributed by atoms with van der Waals surface area (Å²) in [6.07, 6.45) is 0. The van der Waals surface area contributed by atoms with Crippen LogP contribution in [0.1, 0.15) is 10.4 Å². The molecule has 0 unspecified atom stereocenters. The van der Waals surface area contributed by atoms with Gasteiger partial charge in [0.25, 0.3) is 5.91 Å². The Morgan fingerprint density at radius 2 is 1.83 bits per heavy atom. The lowest BCUT2D eigenvalue weighted by Gasteiger charge is -2.06. The van der Waals surface area contributed by atoms with E-state index in [4.69, 9.17) is 11.6 Å². The van der Waals surface area contributed by atoms with Gasteiger partial charge in [-0.1, -0.05) is 11.6 Å². The van der Waals surface area contributed by atoms with Gasteiger partial charge in [0.1, 0.15) is 0 Å². The first-order chi connectivity index (χ1) is 8.56. The molecule has 2 nitrogen and oxygen atoms in total. The maximum absolute atomic E-state index is 12.0. The molecule has 0 bridgehead atoms. The van der Waals surface area contributed by atoms with Crippen LogP contribution < -0.4 is 5.32 Å². The van der Waals surface area contributed by atoms with Gasteiger partial charge in [0.15, 0.2) is 0 Å². The van der Waals surface area contributed by atoms with Gasteiger partial charge in [-0.3, -0.25) is 4.79 Å². The molecule has 0 aliphatic carbocycles. The molecule has 2 aromatic rings. The highest BCUT2D eigenvalue weighted by molar-refractivity contribution is 14.1. The molecule has 0 atom stereocenters. The Bertz CT molecular complexity index is 586. The maximum atomic E-state index is 12.0. The van der Waals surface area contributed by atoms with Crippen molar-refractivity contribution in [1.82, 2.24) is 0 Å². The van der Waals surface area contributed by atoms with Crippen molar-refractivity contribution >= 4 is 61.7 Å². The van der Waals surface area contributed by atoms with E-state index in [0.29, 0.717) is 10.6 Å². The topological polar surface area (TPSA) is 29.1 Å². The molecular weight excluding hydrogens is 428 g/mol.